The quantitative estimate of drug-likeness (QED) is 0.908. The third-order valence-corrected chi connectivity index (χ3v) is 5.10. The predicted octanol–water partition coefficient (Wildman–Crippen LogP) is 2.76. The van der Waals surface area contributed by atoms with Gasteiger partial charge < -0.3 is 5.32 Å². The van der Waals surface area contributed by atoms with Crippen molar-refractivity contribution in [3.63, 3.8) is 0 Å². The molecule has 2 nitrogen and oxygen atoms in total. The molecule has 0 radical (unpaired) electrons. The number of rotatable bonds is 2. The number of benzene rings is 1. The van der Waals surface area contributed by atoms with Gasteiger partial charge in [0.25, 0.3) is 0 Å². The summed E-state index contributed by atoms with van der Waals surface area (Å²) in [6, 6.07) is 5.32. The fraction of sp³-hybridized carbons (Fsp3) is 0.500. The highest BCUT2D eigenvalue weighted by Gasteiger charge is 2.25. The van der Waals surface area contributed by atoms with Gasteiger partial charge in [-0.2, -0.15) is 0 Å². The summed E-state index contributed by atoms with van der Waals surface area (Å²) in [7, 11) is -0.784. The van der Waals surface area contributed by atoms with Crippen molar-refractivity contribution >= 4 is 26.7 Å². The maximum absolute atomic E-state index is 13.2. The van der Waals surface area contributed by atoms with Gasteiger partial charge in [-0.3, -0.25) is 4.21 Å². The topological polar surface area (TPSA) is 29.1 Å². The van der Waals surface area contributed by atoms with E-state index in [1.165, 1.54) is 6.07 Å². The van der Waals surface area contributed by atoms with Crippen LogP contribution in [0.1, 0.15) is 24.9 Å². The molecule has 0 spiro atoms. The van der Waals surface area contributed by atoms with Crippen molar-refractivity contribution in [3.05, 3.63) is 34.1 Å². The van der Waals surface area contributed by atoms with Gasteiger partial charge in [-0.05, 0) is 40.0 Å². The lowest BCUT2D eigenvalue weighted by Gasteiger charge is -2.30. The fourth-order valence-corrected chi connectivity index (χ4v) is 3.99. The predicted molar refractivity (Wildman–Crippen MR) is 71.9 cm³/mol. The number of halogens is 2. The molecule has 0 aliphatic carbocycles. The Morgan fingerprint density at radius 2 is 2.29 bits per heavy atom. The van der Waals surface area contributed by atoms with Crippen LogP contribution >= 0.6 is 15.9 Å². The Kier molecular flexibility index (Phi) is 4.33. The molecule has 3 unspecified atom stereocenters. The molecule has 0 bridgehead atoms. The lowest BCUT2D eigenvalue weighted by molar-refractivity contribution is 0.455. The minimum absolute atomic E-state index is 0.0615. The van der Waals surface area contributed by atoms with Crippen molar-refractivity contribution in [2.45, 2.75) is 25.4 Å². The van der Waals surface area contributed by atoms with E-state index in [2.05, 4.69) is 28.2 Å². The Morgan fingerprint density at radius 1 is 1.53 bits per heavy atom. The molecule has 1 N–H and O–H groups in total. The first-order chi connectivity index (χ1) is 8.10. The molecule has 0 aromatic heterocycles. The largest absolute Gasteiger partial charge is 0.305 e. The molecule has 1 aliphatic rings. The van der Waals surface area contributed by atoms with Gasteiger partial charge in [-0.1, -0.05) is 13.0 Å². The summed E-state index contributed by atoms with van der Waals surface area (Å²) in [5.41, 5.74) is 0.991. The summed E-state index contributed by atoms with van der Waals surface area (Å²) in [6.45, 7) is 2.08. The van der Waals surface area contributed by atoms with Gasteiger partial charge in [-0.15, -0.1) is 0 Å². The van der Waals surface area contributed by atoms with E-state index in [0.717, 1.165) is 17.7 Å². The minimum atomic E-state index is -0.784. The number of hydrogen-bond acceptors (Lipinski definition) is 2. The molecule has 17 heavy (non-hydrogen) atoms. The van der Waals surface area contributed by atoms with E-state index in [-0.39, 0.29) is 11.9 Å². The zero-order valence-electron chi connectivity index (χ0n) is 9.58. The van der Waals surface area contributed by atoms with Crippen LogP contribution in [0.25, 0.3) is 0 Å². The second-order valence-corrected chi connectivity index (χ2v) is 6.67. The molecule has 1 aromatic carbocycles. The van der Waals surface area contributed by atoms with Gasteiger partial charge in [0.05, 0.1) is 4.47 Å². The van der Waals surface area contributed by atoms with Crippen molar-refractivity contribution < 1.29 is 8.60 Å². The van der Waals surface area contributed by atoms with Crippen LogP contribution in [0, 0.1) is 5.82 Å². The summed E-state index contributed by atoms with van der Waals surface area (Å²) < 4.78 is 25.4. The Balaban J connectivity index is 2.20. The van der Waals surface area contributed by atoms with Crippen molar-refractivity contribution in [1.82, 2.24) is 5.32 Å². The van der Waals surface area contributed by atoms with E-state index in [1.54, 1.807) is 12.1 Å². The molecule has 0 saturated carbocycles. The highest BCUT2D eigenvalue weighted by atomic mass is 79.9. The van der Waals surface area contributed by atoms with Crippen molar-refractivity contribution in [2.75, 3.05) is 11.5 Å². The molecule has 3 atom stereocenters. The van der Waals surface area contributed by atoms with Crippen LogP contribution in [0.4, 0.5) is 4.39 Å². The first kappa shape index (κ1) is 13.2. The maximum Gasteiger partial charge on any atom is 0.137 e. The average molecular weight is 320 g/mol. The lowest BCUT2D eigenvalue weighted by Crippen LogP contribution is -2.44. The average Bonchev–Trinajstić information content (AvgIpc) is 2.32. The summed E-state index contributed by atoms with van der Waals surface area (Å²) in [6.07, 6.45) is 0.963. The number of nitrogens with one attached hydrogen (secondary N) is 1. The molecule has 5 heteroatoms. The summed E-state index contributed by atoms with van der Waals surface area (Å²) >= 11 is 3.18. The summed E-state index contributed by atoms with van der Waals surface area (Å²) in [5, 5.41) is 3.46. The smallest absolute Gasteiger partial charge is 0.137 e. The second kappa shape index (κ2) is 5.59. The molecule has 1 aliphatic heterocycles. The van der Waals surface area contributed by atoms with Crippen LogP contribution in [-0.2, 0) is 10.8 Å². The maximum atomic E-state index is 13.2. The van der Waals surface area contributed by atoms with Crippen LogP contribution in [0.2, 0.25) is 0 Å². The Labute approximate surface area is 112 Å². The molecule has 1 saturated heterocycles. The van der Waals surface area contributed by atoms with E-state index in [1.807, 2.05) is 0 Å². The monoisotopic (exact) mass is 319 g/mol. The first-order valence-electron chi connectivity index (χ1n) is 5.66. The third kappa shape index (κ3) is 3.14. The van der Waals surface area contributed by atoms with E-state index in [4.69, 9.17) is 0 Å². The van der Waals surface area contributed by atoms with Crippen LogP contribution in [0.15, 0.2) is 22.7 Å². The molecular formula is C12H15BrFNOS. The molecule has 1 aromatic rings. The van der Waals surface area contributed by atoms with Crippen LogP contribution in [0.3, 0.4) is 0 Å². The molecule has 1 fully saturated rings. The van der Waals surface area contributed by atoms with E-state index in [9.17, 15) is 8.60 Å². The van der Waals surface area contributed by atoms with Gasteiger partial charge in [0, 0.05) is 34.4 Å². The molecule has 1 heterocycles. The zero-order chi connectivity index (χ0) is 12.4. The van der Waals surface area contributed by atoms with E-state index in [0.29, 0.717) is 16.3 Å². The van der Waals surface area contributed by atoms with Crippen molar-refractivity contribution in [1.29, 1.82) is 0 Å². The van der Waals surface area contributed by atoms with E-state index < -0.39 is 10.8 Å². The highest BCUT2D eigenvalue weighted by Crippen LogP contribution is 2.24. The van der Waals surface area contributed by atoms with Crippen molar-refractivity contribution in [2.24, 2.45) is 0 Å². The van der Waals surface area contributed by atoms with Gasteiger partial charge in [0.15, 0.2) is 0 Å². The van der Waals surface area contributed by atoms with E-state index >= 15 is 0 Å². The molecule has 94 valence electrons. The normalized spacial score (nSPS) is 29.2. The lowest BCUT2D eigenvalue weighted by atomic mass is 10.1. The van der Waals surface area contributed by atoms with Crippen LogP contribution < -0.4 is 5.32 Å². The number of hydrogen-bond donors (Lipinski definition) is 1. The molecule has 2 rings (SSSR count). The van der Waals surface area contributed by atoms with Crippen molar-refractivity contribution in [3.8, 4) is 0 Å². The summed E-state index contributed by atoms with van der Waals surface area (Å²) in [4.78, 5) is 0. The fourth-order valence-electron chi connectivity index (χ4n) is 2.02. The SMILES string of the molecule is CCC1CS(=O)CC(c2ccc(F)c(Br)c2)N1. The molecule has 0 amide bonds. The van der Waals surface area contributed by atoms with Gasteiger partial charge in [-0.25, -0.2) is 4.39 Å². The highest BCUT2D eigenvalue weighted by molar-refractivity contribution is 9.10. The van der Waals surface area contributed by atoms with Gasteiger partial charge in [0.2, 0.25) is 0 Å². The Hall–Kier alpha value is -0.260. The zero-order valence-corrected chi connectivity index (χ0v) is 12.0. The Bertz CT molecular complexity index is 441. The Morgan fingerprint density at radius 3 is 2.94 bits per heavy atom. The van der Waals surface area contributed by atoms with Gasteiger partial charge in [0.1, 0.15) is 5.82 Å². The van der Waals surface area contributed by atoms with Crippen LogP contribution in [0.5, 0.6) is 0 Å². The third-order valence-electron chi connectivity index (χ3n) is 3.02. The second-order valence-electron chi connectivity index (χ2n) is 4.27. The van der Waals surface area contributed by atoms with Gasteiger partial charge >= 0.3 is 0 Å². The minimum Gasteiger partial charge on any atom is -0.305 e. The van der Waals surface area contributed by atoms with Crippen LogP contribution in [-0.4, -0.2) is 21.8 Å². The standard InChI is InChI=1S/C12H15BrFNOS/c1-2-9-6-17(16)7-12(15-9)8-3-4-11(14)10(13)5-8/h3-5,9,12,15H,2,6-7H2,1H3. The molecular weight excluding hydrogens is 305 g/mol. The summed E-state index contributed by atoms with van der Waals surface area (Å²) in [5.74, 6) is 1.06. The first-order valence-corrected chi connectivity index (χ1v) is 7.94.